The van der Waals surface area contributed by atoms with Crippen LogP contribution >= 0.6 is 0 Å². The molecular weight excluding hydrogens is 251 g/mol. The van der Waals surface area contributed by atoms with E-state index < -0.39 is 17.8 Å². The van der Waals surface area contributed by atoms with Crippen LogP contribution in [0.2, 0.25) is 0 Å². The van der Waals surface area contributed by atoms with Crippen LogP contribution in [0, 0.1) is 0 Å². The van der Waals surface area contributed by atoms with Gasteiger partial charge in [-0.05, 0) is 12.1 Å². The molecule has 0 atom stereocenters. The summed E-state index contributed by atoms with van der Waals surface area (Å²) in [6, 6.07) is 2.29. The Labute approximate surface area is 99.1 Å². The number of aromatic nitrogens is 4. The van der Waals surface area contributed by atoms with E-state index >= 15 is 0 Å². The fourth-order valence-electron chi connectivity index (χ4n) is 0.873. The van der Waals surface area contributed by atoms with Crippen LogP contribution in [0.3, 0.4) is 0 Å². The average Bonchev–Trinajstić information content (AvgIpc) is 2.84. The quantitative estimate of drug-likeness (QED) is 0.798. The molecule has 1 amide bonds. The molecule has 0 unspecified atom stereocenters. The van der Waals surface area contributed by atoms with Gasteiger partial charge < -0.3 is 10.7 Å². The van der Waals surface area contributed by atoms with Crippen LogP contribution in [0.15, 0.2) is 31.0 Å². The van der Waals surface area contributed by atoms with Crippen molar-refractivity contribution in [2.24, 2.45) is 5.73 Å². The van der Waals surface area contributed by atoms with Gasteiger partial charge in [-0.25, -0.2) is 15.0 Å². The Morgan fingerprint density at radius 2 is 1.89 bits per heavy atom. The van der Waals surface area contributed by atoms with Crippen LogP contribution in [0.25, 0.3) is 0 Å². The summed E-state index contributed by atoms with van der Waals surface area (Å²) in [5.74, 6) is -0.651. The van der Waals surface area contributed by atoms with Crippen molar-refractivity contribution in [2.45, 2.75) is 6.18 Å². The molecule has 0 saturated heterocycles. The van der Waals surface area contributed by atoms with E-state index in [0.29, 0.717) is 0 Å². The summed E-state index contributed by atoms with van der Waals surface area (Å²) in [6.07, 6.45) is -0.563. The molecular formula is C9H8F3N5O. The highest BCUT2D eigenvalue weighted by atomic mass is 19.4. The van der Waals surface area contributed by atoms with Gasteiger partial charge in [0.1, 0.15) is 18.3 Å². The number of amides is 1. The fraction of sp³-hybridized carbons (Fsp3) is 0.111. The molecule has 2 aromatic heterocycles. The number of primary amides is 1. The lowest BCUT2D eigenvalue weighted by molar-refractivity contribution is -0.140. The van der Waals surface area contributed by atoms with Crippen LogP contribution in [-0.2, 0) is 6.18 Å². The van der Waals surface area contributed by atoms with Gasteiger partial charge in [0.2, 0.25) is 5.82 Å². The first-order valence-electron chi connectivity index (χ1n) is 4.53. The monoisotopic (exact) mass is 259 g/mol. The predicted octanol–water partition coefficient (Wildman–Crippen LogP) is 1.00. The van der Waals surface area contributed by atoms with Crippen molar-refractivity contribution in [3.63, 3.8) is 0 Å². The number of carbonyl (C=O) groups excluding carboxylic acids is 1. The summed E-state index contributed by atoms with van der Waals surface area (Å²) < 4.78 is 34.8. The fourth-order valence-corrected chi connectivity index (χ4v) is 0.873. The van der Waals surface area contributed by atoms with Crippen molar-refractivity contribution in [3.8, 4) is 0 Å². The zero-order valence-corrected chi connectivity index (χ0v) is 8.85. The standard InChI is InChI=1S/C5H4F3N.C4H4N4O/c6-5(7,8)4-2-1-3-9-4;5-3(9)4-7-1-6-2-8-4/h1-3,9H;1-2H,(H2,5,9). The second kappa shape index (κ2) is 5.75. The zero-order chi connectivity index (χ0) is 13.6. The van der Waals surface area contributed by atoms with Crippen LogP contribution in [-0.4, -0.2) is 25.8 Å². The van der Waals surface area contributed by atoms with Crippen molar-refractivity contribution in [3.05, 3.63) is 42.5 Å². The number of hydrogen-bond acceptors (Lipinski definition) is 4. The summed E-state index contributed by atoms with van der Waals surface area (Å²) in [7, 11) is 0. The summed E-state index contributed by atoms with van der Waals surface area (Å²) in [6.45, 7) is 0. The molecule has 0 aliphatic rings. The molecule has 9 heteroatoms. The van der Waals surface area contributed by atoms with Crippen molar-refractivity contribution in [1.29, 1.82) is 0 Å². The van der Waals surface area contributed by atoms with E-state index in [4.69, 9.17) is 5.73 Å². The summed E-state index contributed by atoms with van der Waals surface area (Å²) in [5.41, 5.74) is 4.12. The van der Waals surface area contributed by atoms with E-state index in [1.54, 1.807) is 0 Å². The molecule has 18 heavy (non-hydrogen) atoms. The maximum absolute atomic E-state index is 11.6. The molecule has 2 rings (SSSR count). The van der Waals surface area contributed by atoms with E-state index in [2.05, 4.69) is 19.9 Å². The first kappa shape index (κ1) is 13.6. The van der Waals surface area contributed by atoms with Crippen LogP contribution in [0.5, 0.6) is 0 Å². The lowest BCUT2D eigenvalue weighted by Crippen LogP contribution is -2.14. The predicted molar refractivity (Wildman–Crippen MR) is 54.1 cm³/mol. The van der Waals surface area contributed by atoms with Gasteiger partial charge in [-0.2, -0.15) is 13.2 Å². The highest BCUT2D eigenvalue weighted by molar-refractivity contribution is 5.88. The van der Waals surface area contributed by atoms with Crippen LogP contribution in [0.1, 0.15) is 16.3 Å². The van der Waals surface area contributed by atoms with Gasteiger partial charge in [-0.3, -0.25) is 4.79 Å². The number of halogens is 3. The van der Waals surface area contributed by atoms with Gasteiger partial charge in [0.15, 0.2) is 0 Å². The normalized spacial score (nSPS) is 10.4. The third-order valence-corrected chi connectivity index (χ3v) is 1.62. The Hall–Kier alpha value is -2.45. The van der Waals surface area contributed by atoms with Gasteiger partial charge in [-0.15, -0.1) is 0 Å². The topological polar surface area (TPSA) is 97.6 Å². The van der Waals surface area contributed by atoms with Crippen molar-refractivity contribution < 1.29 is 18.0 Å². The molecule has 2 heterocycles. The molecule has 0 aliphatic carbocycles. The SMILES string of the molecule is FC(F)(F)c1ccc[nH]1.NC(=O)c1ncncn1. The smallest absolute Gasteiger partial charge is 0.363 e. The van der Waals surface area contributed by atoms with Gasteiger partial charge in [0.25, 0.3) is 5.91 Å². The summed E-state index contributed by atoms with van der Waals surface area (Å²) in [4.78, 5) is 22.8. The van der Waals surface area contributed by atoms with E-state index in [9.17, 15) is 18.0 Å². The Kier molecular flexibility index (Phi) is 4.35. The second-order valence-electron chi connectivity index (χ2n) is 2.91. The molecule has 2 aromatic rings. The lowest BCUT2D eigenvalue weighted by Gasteiger charge is -2.00. The number of alkyl halides is 3. The van der Waals surface area contributed by atoms with Crippen molar-refractivity contribution in [1.82, 2.24) is 19.9 Å². The number of carbonyl (C=O) groups is 1. The van der Waals surface area contributed by atoms with Gasteiger partial charge in [0.05, 0.1) is 0 Å². The minimum absolute atomic E-state index is 0.00926. The van der Waals surface area contributed by atoms with Gasteiger partial charge >= 0.3 is 6.18 Å². The molecule has 3 N–H and O–H groups in total. The Balaban J connectivity index is 0.000000180. The van der Waals surface area contributed by atoms with Crippen LogP contribution in [0.4, 0.5) is 13.2 Å². The Morgan fingerprint density at radius 3 is 2.17 bits per heavy atom. The number of nitrogens with zero attached hydrogens (tertiary/aromatic N) is 3. The van der Waals surface area contributed by atoms with Crippen molar-refractivity contribution in [2.75, 3.05) is 0 Å². The Morgan fingerprint density at radius 1 is 1.28 bits per heavy atom. The van der Waals surface area contributed by atoms with Gasteiger partial charge in [0, 0.05) is 6.20 Å². The number of aromatic amines is 1. The number of hydrogen-bond donors (Lipinski definition) is 2. The van der Waals surface area contributed by atoms with Crippen molar-refractivity contribution >= 4 is 5.91 Å². The largest absolute Gasteiger partial charge is 0.431 e. The molecule has 0 saturated carbocycles. The molecule has 0 radical (unpaired) electrons. The second-order valence-corrected chi connectivity index (χ2v) is 2.91. The number of rotatable bonds is 1. The maximum Gasteiger partial charge on any atom is 0.431 e. The maximum atomic E-state index is 11.6. The third kappa shape index (κ3) is 4.20. The summed E-state index contributed by atoms with van der Waals surface area (Å²) in [5, 5.41) is 0. The number of nitrogens with one attached hydrogen (secondary N) is 1. The minimum Gasteiger partial charge on any atom is -0.363 e. The van der Waals surface area contributed by atoms with Crippen LogP contribution < -0.4 is 5.73 Å². The average molecular weight is 259 g/mol. The highest BCUT2D eigenvalue weighted by Gasteiger charge is 2.30. The Bertz CT molecular complexity index is 483. The van der Waals surface area contributed by atoms with Gasteiger partial charge in [-0.1, -0.05) is 0 Å². The van der Waals surface area contributed by atoms with E-state index in [-0.39, 0.29) is 5.82 Å². The molecule has 0 aliphatic heterocycles. The molecule has 0 bridgehead atoms. The highest BCUT2D eigenvalue weighted by Crippen LogP contribution is 2.26. The van der Waals surface area contributed by atoms with E-state index in [1.807, 2.05) is 0 Å². The molecule has 0 spiro atoms. The molecule has 0 fully saturated rings. The number of H-pyrrole nitrogens is 1. The van der Waals surface area contributed by atoms with E-state index in [1.165, 1.54) is 24.9 Å². The molecule has 0 aromatic carbocycles. The minimum atomic E-state index is -4.23. The third-order valence-electron chi connectivity index (χ3n) is 1.62. The molecule has 96 valence electrons. The van der Waals surface area contributed by atoms with E-state index in [0.717, 1.165) is 6.07 Å². The number of nitrogens with two attached hydrogens (primary N) is 1. The lowest BCUT2D eigenvalue weighted by atomic mass is 10.4. The first-order valence-corrected chi connectivity index (χ1v) is 4.53. The summed E-state index contributed by atoms with van der Waals surface area (Å²) >= 11 is 0. The zero-order valence-electron chi connectivity index (χ0n) is 8.85. The molecule has 6 nitrogen and oxygen atoms in total. The first-order chi connectivity index (χ1) is 8.41.